The van der Waals surface area contributed by atoms with Gasteiger partial charge in [-0.15, -0.1) is 0 Å². The van der Waals surface area contributed by atoms with Crippen LogP contribution in [-0.4, -0.2) is 13.9 Å². The van der Waals surface area contributed by atoms with Gasteiger partial charge in [0, 0.05) is 18.9 Å². The van der Waals surface area contributed by atoms with Crippen LogP contribution in [0.15, 0.2) is 58.1 Å². The third-order valence-electron chi connectivity index (χ3n) is 6.04. The molecule has 2 bridgehead atoms. The molecule has 24 heavy (non-hydrogen) atoms. The van der Waals surface area contributed by atoms with Crippen molar-refractivity contribution in [2.45, 2.75) is 12.1 Å². The van der Waals surface area contributed by atoms with Gasteiger partial charge in [0.05, 0.1) is 12.1 Å². The Bertz CT molecular complexity index is 1100. The Labute approximate surface area is 137 Å². The summed E-state index contributed by atoms with van der Waals surface area (Å²) in [5.74, 6) is 0.617. The molecule has 0 saturated carbocycles. The molecule has 5 nitrogen and oxygen atoms in total. The largest absolute Gasteiger partial charge is 0.347 e. The van der Waals surface area contributed by atoms with E-state index in [2.05, 4.69) is 36.4 Å². The van der Waals surface area contributed by atoms with Crippen molar-refractivity contribution >= 4 is 10.8 Å². The van der Waals surface area contributed by atoms with E-state index in [0.29, 0.717) is 11.8 Å². The van der Waals surface area contributed by atoms with Crippen molar-refractivity contribution in [2.24, 2.45) is 18.9 Å². The van der Waals surface area contributed by atoms with Gasteiger partial charge in [-0.3, -0.25) is 0 Å². The van der Waals surface area contributed by atoms with Crippen LogP contribution in [-0.2, 0) is 7.05 Å². The Balaban J connectivity index is 1.77. The summed E-state index contributed by atoms with van der Waals surface area (Å²) in [5.41, 5.74) is 1.95. The van der Waals surface area contributed by atoms with E-state index in [1.165, 1.54) is 26.5 Å². The fourth-order valence-electron chi connectivity index (χ4n) is 4.87. The molecule has 2 aromatic carbocycles. The Morgan fingerprint density at radius 3 is 1.67 bits per heavy atom. The number of hydrogen-bond acceptors (Lipinski definition) is 2. The van der Waals surface area contributed by atoms with Crippen molar-refractivity contribution in [3.05, 3.63) is 80.6 Å². The van der Waals surface area contributed by atoms with Crippen LogP contribution in [0, 0.1) is 11.8 Å². The van der Waals surface area contributed by atoms with E-state index in [-0.39, 0.29) is 23.5 Å². The lowest BCUT2D eigenvalue weighted by molar-refractivity contribution is 0.123. The second kappa shape index (κ2) is 3.80. The molecule has 0 spiro atoms. The Morgan fingerprint density at radius 1 is 0.792 bits per heavy atom. The Morgan fingerprint density at radius 2 is 1.25 bits per heavy atom. The fourth-order valence-corrected chi connectivity index (χ4v) is 4.87. The maximum absolute atomic E-state index is 12.7. The van der Waals surface area contributed by atoms with Crippen LogP contribution >= 0.6 is 0 Å². The maximum atomic E-state index is 12.7. The number of nitrogens with zero attached hydrogens (tertiary/aromatic N) is 3. The first-order chi connectivity index (χ1) is 11.7. The molecule has 0 N–H and O–H groups in total. The molecule has 5 heteroatoms. The molecule has 3 heterocycles. The van der Waals surface area contributed by atoms with Crippen molar-refractivity contribution in [1.82, 2.24) is 13.9 Å². The molecule has 3 aromatic rings. The maximum Gasteiger partial charge on any atom is 0.347 e. The van der Waals surface area contributed by atoms with Crippen LogP contribution in [0.25, 0.3) is 10.8 Å². The number of aromatic nitrogens is 3. The van der Waals surface area contributed by atoms with Crippen LogP contribution < -0.4 is 11.4 Å². The molecular weight excluding hydrogens is 302 g/mol. The molecule has 7 rings (SSSR count). The summed E-state index contributed by atoms with van der Waals surface area (Å²) >= 11 is 0. The standard InChI is InChI=1S/C19H15N3O2/c1-20-18(23)21-16-12-6-7-13(12)17(22(21)19(20)24)15-9-11-5-3-2-4-10(11)8-14(15)16/h2-9,12-13,16-17H,1H3. The number of rotatable bonds is 0. The SMILES string of the molecule is Cn1c(=O)n2n(c1=O)C1c3cc4ccccc4cc3C2C2C=CC21. The fraction of sp³-hybridized carbons (Fsp3) is 0.263. The molecular formula is C19H15N3O2. The van der Waals surface area contributed by atoms with Crippen LogP contribution in [0.1, 0.15) is 23.2 Å². The van der Waals surface area contributed by atoms with Gasteiger partial charge in [0.1, 0.15) is 0 Å². The molecule has 2 aliphatic heterocycles. The second-order valence-electron chi connectivity index (χ2n) is 7.07. The zero-order chi connectivity index (χ0) is 16.2. The average molecular weight is 317 g/mol. The highest BCUT2D eigenvalue weighted by molar-refractivity contribution is 5.84. The van der Waals surface area contributed by atoms with E-state index in [0.717, 1.165) is 0 Å². The van der Waals surface area contributed by atoms with E-state index in [9.17, 15) is 9.59 Å². The van der Waals surface area contributed by atoms with Crippen LogP contribution in [0.4, 0.5) is 0 Å². The van der Waals surface area contributed by atoms with E-state index in [4.69, 9.17) is 0 Å². The van der Waals surface area contributed by atoms with Gasteiger partial charge in [0.25, 0.3) is 0 Å². The van der Waals surface area contributed by atoms with Gasteiger partial charge in [-0.05, 0) is 34.0 Å². The molecule has 4 aliphatic rings. The van der Waals surface area contributed by atoms with Gasteiger partial charge < -0.3 is 0 Å². The summed E-state index contributed by atoms with van der Waals surface area (Å²) in [6.45, 7) is 0. The third kappa shape index (κ3) is 1.18. The molecule has 2 aliphatic carbocycles. The lowest BCUT2D eigenvalue weighted by Gasteiger charge is -2.52. The number of fused-ring (bicyclic) bond motifs is 1. The lowest BCUT2D eigenvalue weighted by atomic mass is 9.62. The smallest absolute Gasteiger partial charge is 0.246 e. The van der Waals surface area contributed by atoms with Gasteiger partial charge in [0.15, 0.2) is 0 Å². The summed E-state index contributed by atoms with van der Waals surface area (Å²) in [5, 5.41) is 2.36. The highest BCUT2D eigenvalue weighted by atomic mass is 16.2. The Kier molecular flexibility index (Phi) is 1.99. The normalized spacial score (nSPS) is 28.4. The number of allylic oxidation sites excluding steroid dienone is 2. The first-order valence-corrected chi connectivity index (χ1v) is 8.28. The van der Waals surface area contributed by atoms with Crippen molar-refractivity contribution in [3.63, 3.8) is 0 Å². The first-order valence-electron chi connectivity index (χ1n) is 8.28. The minimum atomic E-state index is -0.215. The van der Waals surface area contributed by atoms with Crippen molar-refractivity contribution in [1.29, 1.82) is 0 Å². The van der Waals surface area contributed by atoms with Crippen LogP contribution in [0.2, 0.25) is 0 Å². The third-order valence-corrected chi connectivity index (χ3v) is 6.04. The predicted molar refractivity (Wildman–Crippen MR) is 90.3 cm³/mol. The number of benzene rings is 2. The molecule has 0 amide bonds. The summed E-state index contributed by atoms with van der Waals surface area (Å²) in [7, 11) is 1.57. The molecule has 0 saturated heterocycles. The average Bonchev–Trinajstić information content (AvgIpc) is 2.79. The molecule has 118 valence electrons. The van der Waals surface area contributed by atoms with Crippen molar-refractivity contribution in [2.75, 3.05) is 0 Å². The zero-order valence-corrected chi connectivity index (χ0v) is 13.1. The highest BCUT2D eigenvalue weighted by Crippen LogP contribution is 2.56. The zero-order valence-electron chi connectivity index (χ0n) is 13.1. The van der Waals surface area contributed by atoms with E-state index in [1.54, 1.807) is 16.4 Å². The molecule has 4 unspecified atom stereocenters. The minimum Gasteiger partial charge on any atom is -0.246 e. The monoisotopic (exact) mass is 317 g/mol. The van der Waals surface area contributed by atoms with Gasteiger partial charge in [0.2, 0.25) is 0 Å². The first kappa shape index (κ1) is 12.6. The molecule has 0 fully saturated rings. The quantitative estimate of drug-likeness (QED) is 0.594. The molecule has 4 atom stereocenters. The van der Waals surface area contributed by atoms with Gasteiger partial charge >= 0.3 is 11.4 Å². The minimum absolute atomic E-state index is 0.0778. The Hall–Kier alpha value is -2.82. The molecule has 0 radical (unpaired) electrons. The van der Waals surface area contributed by atoms with Gasteiger partial charge in [-0.25, -0.2) is 23.5 Å². The highest BCUT2D eigenvalue weighted by Gasteiger charge is 2.53. The molecule has 1 aromatic heterocycles. The summed E-state index contributed by atoms with van der Waals surface area (Å²) in [6, 6.07) is 12.5. The predicted octanol–water partition coefficient (Wildman–Crippen LogP) is 1.81. The van der Waals surface area contributed by atoms with Crippen LogP contribution in [0.5, 0.6) is 0 Å². The summed E-state index contributed by atoms with van der Waals surface area (Å²) < 4.78 is 4.61. The summed E-state index contributed by atoms with van der Waals surface area (Å²) in [4.78, 5) is 25.3. The summed E-state index contributed by atoms with van der Waals surface area (Å²) in [6.07, 6.45) is 4.38. The van der Waals surface area contributed by atoms with Gasteiger partial charge in [-0.1, -0.05) is 36.4 Å². The van der Waals surface area contributed by atoms with E-state index >= 15 is 0 Å². The topological polar surface area (TPSA) is 48.9 Å². The van der Waals surface area contributed by atoms with Crippen LogP contribution in [0.3, 0.4) is 0 Å². The van der Waals surface area contributed by atoms with E-state index < -0.39 is 0 Å². The lowest BCUT2D eigenvalue weighted by Crippen LogP contribution is -2.53. The second-order valence-corrected chi connectivity index (χ2v) is 7.07. The van der Waals surface area contributed by atoms with E-state index in [1.807, 2.05) is 12.1 Å². The van der Waals surface area contributed by atoms with Crippen molar-refractivity contribution < 1.29 is 0 Å². The number of hydrogen-bond donors (Lipinski definition) is 0. The van der Waals surface area contributed by atoms with Crippen molar-refractivity contribution in [3.8, 4) is 0 Å². The van der Waals surface area contributed by atoms with Gasteiger partial charge in [-0.2, -0.15) is 0 Å².